The van der Waals surface area contributed by atoms with Gasteiger partial charge in [-0.05, 0) is 30.3 Å². The first-order valence-corrected chi connectivity index (χ1v) is 12.8. The van der Waals surface area contributed by atoms with Crippen LogP contribution in [0.2, 0.25) is 0 Å². The second-order valence-corrected chi connectivity index (χ2v) is 10.1. The zero-order valence-corrected chi connectivity index (χ0v) is 19.8. The van der Waals surface area contributed by atoms with Gasteiger partial charge in [0, 0.05) is 26.9 Å². The summed E-state index contributed by atoms with van der Waals surface area (Å²) in [5.74, 6) is 0.680. The van der Waals surface area contributed by atoms with Gasteiger partial charge in [0.25, 0.3) is 0 Å². The number of hydrogen-bond acceptors (Lipinski definition) is 2. The standard InChI is InChI=1S/C31H22NO2P/c33-22-23-19-20-30(32-28-17-9-7-15-26(28)27-16-8-10-18-29(27)32)31(21-23)34-35(24-11-3-1-4-12-24)25-13-5-2-6-14-25/h1-22H. The quantitative estimate of drug-likeness (QED) is 0.193. The van der Waals surface area contributed by atoms with Gasteiger partial charge in [-0.2, -0.15) is 0 Å². The van der Waals surface area contributed by atoms with Crippen LogP contribution >= 0.6 is 8.15 Å². The summed E-state index contributed by atoms with van der Waals surface area (Å²) in [6, 6.07) is 43.1. The molecule has 3 nitrogen and oxygen atoms in total. The van der Waals surface area contributed by atoms with E-state index >= 15 is 0 Å². The van der Waals surface area contributed by atoms with Crippen LogP contribution in [0.3, 0.4) is 0 Å². The van der Waals surface area contributed by atoms with E-state index in [1.54, 1.807) is 0 Å². The highest BCUT2D eigenvalue weighted by Crippen LogP contribution is 2.42. The molecule has 0 saturated heterocycles. The van der Waals surface area contributed by atoms with Crippen molar-refractivity contribution in [3.63, 3.8) is 0 Å². The van der Waals surface area contributed by atoms with Crippen LogP contribution in [0.5, 0.6) is 5.75 Å². The molecule has 5 aromatic carbocycles. The molecule has 168 valence electrons. The maximum Gasteiger partial charge on any atom is 0.150 e. The van der Waals surface area contributed by atoms with Gasteiger partial charge >= 0.3 is 0 Å². The molecule has 0 unspecified atom stereocenters. The first kappa shape index (κ1) is 21.3. The first-order chi connectivity index (χ1) is 17.3. The Morgan fingerprint density at radius 3 is 1.66 bits per heavy atom. The summed E-state index contributed by atoms with van der Waals surface area (Å²) in [6.45, 7) is 0. The van der Waals surface area contributed by atoms with Gasteiger partial charge in [-0.15, -0.1) is 0 Å². The minimum atomic E-state index is -1.15. The van der Waals surface area contributed by atoms with Gasteiger partial charge in [0.1, 0.15) is 12.0 Å². The number of aromatic nitrogens is 1. The van der Waals surface area contributed by atoms with Crippen LogP contribution in [-0.2, 0) is 0 Å². The van der Waals surface area contributed by atoms with Crippen LogP contribution in [-0.4, -0.2) is 10.9 Å². The number of nitrogens with zero attached hydrogens (tertiary/aromatic N) is 1. The summed E-state index contributed by atoms with van der Waals surface area (Å²) in [4.78, 5) is 11.7. The van der Waals surface area contributed by atoms with E-state index in [2.05, 4.69) is 77.4 Å². The summed E-state index contributed by atoms with van der Waals surface area (Å²) in [5, 5.41) is 4.58. The highest BCUT2D eigenvalue weighted by Gasteiger charge is 2.21. The molecular weight excluding hydrogens is 449 g/mol. The molecule has 0 radical (unpaired) electrons. The molecule has 0 aliphatic heterocycles. The average molecular weight is 471 g/mol. The average Bonchev–Trinajstić information content (AvgIpc) is 3.27. The molecule has 0 aliphatic rings. The number of carbonyl (C=O) groups excluding carboxylic acids is 1. The highest BCUT2D eigenvalue weighted by molar-refractivity contribution is 7.68. The molecule has 0 amide bonds. The van der Waals surface area contributed by atoms with Crippen LogP contribution in [0.25, 0.3) is 27.5 Å². The van der Waals surface area contributed by atoms with Gasteiger partial charge in [-0.1, -0.05) is 97.1 Å². The smallest absolute Gasteiger partial charge is 0.150 e. The largest absolute Gasteiger partial charge is 0.462 e. The number of benzene rings is 5. The second-order valence-electron chi connectivity index (χ2n) is 8.27. The van der Waals surface area contributed by atoms with Gasteiger partial charge < -0.3 is 9.09 Å². The fraction of sp³-hybridized carbons (Fsp3) is 0. The highest BCUT2D eigenvalue weighted by atomic mass is 31.1. The number of fused-ring (bicyclic) bond motifs is 3. The van der Waals surface area contributed by atoms with Crippen molar-refractivity contribution in [1.29, 1.82) is 0 Å². The topological polar surface area (TPSA) is 31.2 Å². The van der Waals surface area contributed by atoms with Crippen LogP contribution in [0, 0.1) is 0 Å². The molecule has 0 aliphatic carbocycles. The molecule has 1 heterocycles. The van der Waals surface area contributed by atoms with E-state index in [0.29, 0.717) is 11.3 Å². The normalized spacial score (nSPS) is 11.2. The molecule has 6 rings (SSSR count). The van der Waals surface area contributed by atoms with Gasteiger partial charge in [-0.25, -0.2) is 0 Å². The lowest BCUT2D eigenvalue weighted by Gasteiger charge is -2.22. The van der Waals surface area contributed by atoms with Gasteiger partial charge in [-0.3, -0.25) is 4.79 Å². The van der Waals surface area contributed by atoms with Gasteiger partial charge in [0.2, 0.25) is 0 Å². The van der Waals surface area contributed by atoms with Crippen molar-refractivity contribution in [2.75, 3.05) is 0 Å². The van der Waals surface area contributed by atoms with Crippen molar-refractivity contribution < 1.29 is 9.32 Å². The van der Waals surface area contributed by atoms with Crippen LogP contribution < -0.4 is 15.1 Å². The van der Waals surface area contributed by atoms with E-state index in [1.807, 2.05) is 54.6 Å². The summed E-state index contributed by atoms with van der Waals surface area (Å²) < 4.78 is 9.10. The SMILES string of the molecule is O=Cc1ccc(-n2c3ccccc3c3ccccc32)c(OP(c2ccccc2)c2ccccc2)c1. The monoisotopic (exact) mass is 471 g/mol. The van der Waals surface area contributed by atoms with E-state index in [9.17, 15) is 4.79 Å². The molecule has 0 atom stereocenters. The van der Waals surface area contributed by atoms with Crippen LogP contribution in [0.4, 0.5) is 0 Å². The Labute approximate surface area is 205 Å². The Hall–Kier alpha value is -4.20. The van der Waals surface area contributed by atoms with E-state index in [4.69, 9.17) is 4.52 Å². The lowest BCUT2D eigenvalue weighted by atomic mass is 10.2. The van der Waals surface area contributed by atoms with Gasteiger partial charge in [0.05, 0.1) is 16.7 Å². The fourth-order valence-electron chi connectivity index (χ4n) is 4.52. The Balaban J connectivity index is 1.58. The van der Waals surface area contributed by atoms with Crippen molar-refractivity contribution >= 4 is 46.8 Å². The lowest BCUT2D eigenvalue weighted by Crippen LogP contribution is -2.16. The minimum absolute atomic E-state index is 0.584. The number of para-hydroxylation sites is 2. The predicted octanol–water partition coefficient (Wildman–Crippen LogP) is 7.02. The minimum Gasteiger partial charge on any atom is -0.462 e. The number of carbonyl (C=O) groups is 1. The summed E-state index contributed by atoms with van der Waals surface area (Å²) in [7, 11) is -1.15. The maximum absolute atomic E-state index is 11.7. The molecule has 35 heavy (non-hydrogen) atoms. The Bertz CT molecular complexity index is 1550. The molecule has 1 aromatic heterocycles. The molecule has 0 bridgehead atoms. The van der Waals surface area contributed by atoms with Gasteiger partial charge in [0.15, 0.2) is 8.15 Å². The van der Waals surface area contributed by atoms with Crippen molar-refractivity contribution in [2.45, 2.75) is 0 Å². The third-order valence-corrected chi connectivity index (χ3v) is 8.03. The van der Waals surface area contributed by atoms with Crippen LogP contribution in [0.15, 0.2) is 127 Å². The Morgan fingerprint density at radius 1 is 0.600 bits per heavy atom. The second kappa shape index (κ2) is 9.21. The Kier molecular flexibility index (Phi) is 5.62. The molecule has 0 fully saturated rings. The number of rotatable bonds is 6. The van der Waals surface area contributed by atoms with E-state index < -0.39 is 8.15 Å². The maximum atomic E-state index is 11.7. The summed E-state index contributed by atoms with van der Waals surface area (Å²) in [5.41, 5.74) is 3.69. The van der Waals surface area contributed by atoms with E-state index in [-0.39, 0.29) is 0 Å². The molecule has 0 saturated carbocycles. The predicted molar refractivity (Wildman–Crippen MR) is 146 cm³/mol. The van der Waals surface area contributed by atoms with E-state index in [0.717, 1.165) is 33.6 Å². The van der Waals surface area contributed by atoms with Crippen molar-refractivity contribution in [3.8, 4) is 11.4 Å². The first-order valence-electron chi connectivity index (χ1n) is 11.5. The molecule has 6 aromatic rings. The number of hydrogen-bond donors (Lipinski definition) is 0. The Morgan fingerprint density at radius 2 is 1.11 bits per heavy atom. The van der Waals surface area contributed by atoms with E-state index in [1.165, 1.54) is 10.8 Å². The molecule has 0 N–H and O–H groups in total. The van der Waals surface area contributed by atoms with Crippen molar-refractivity contribution in [2.24, 2.45) is 0 Å². The summed E-state index contributed by atoms with van der Waals surface area (Å²) in [6.07, 6.45) is 0.871. The zero-order valence-electron chi connectivity index (χ0n) is 18.9. The lowest BCUT2D eigenvalue weighted by molar-refractivity contribution is 0.112. The number of aldehydes is 1. The third kappa shape index (κ3) is 3.90. The third-order valence-electron chi connectivity index (χ3n) is 6.11. The van der Waals surface area contributed by atoms with Crippen molar-refractivity contribution in [3.05, 3.63) is 133 Å². The molecule has 0 spiro atoms. The molecular formula is C31H22NO2P. The fourth-order valence-corrected chi connectivity index (χ4v) is 6.26. The summed E-state index contributed by atoms with van der Waals surface area (Å²) >= 11 is 0. The molecule has 4 heteroatoms. The van der Waals surface area contributed by atoms with Crippen LogP contribution in [0.1, 0.15) is 10.4 Å². The van der Waals surface area contributed by atoms with Crippen molar-refractivity contribution in [1.82, 2.24) is 4.57 Å². The zero-order chi connectivity index (χ0) is 23.6.